The van der Waals surface area contributed by atoms with E-state index >= 15 is 0 Å². The number of aliphatic carboxylic acids is 1. The molecule has 0 bridgehead atoms. The van der Waals surface area contributed by atoms with Gasteiger partial charge >= 0.3 is 18.2 Å². The predicted molar refractivity (Wildman–Crippen MR) is 67.9 cm³/mol. The van der Waals surface area contributed by atoms with Crippen LogP contribution < -0.4 is 5.32 Å². The molecule has 0 radical (unpaired) electrons. The van der Waals surface area contributed by atoms with E-state index in [1.54, 1.807) is 35.6 Å². The van der Waals surface area contributed by atoms with Crippen molar-refractivity contribution in [3.63, 3.8) is 0 Å². The van der Waals surface area contributed by atoms with Crippen molar-refractivity contribution in [2.45, 2.75) is 31.3 Å². The van der Waals surface area contributed by atoms with Crippen molar-refractivity contribution in [2.24, 2.45) is 0 Å². The van der Waals surface area contributed by atoms with E-state index in [9.17, 15) is 22.8 Å². The molecule has 3 N–H and O–H groups in total. The minimum atomic E-state index is -4.97. The lowest BCUT2D eigenvalue weighted by atomic mass is 10.1. The molecular formula is C13H14F3NO5. The zero-order valence-electron chi connectivity index (χ0n) is 11.2. The first-order valence-electron chi connectivity index (χ1n) is 6.15. The number of benzene rings is 1. The highest BCUT2D eigenvalue weighted by atomic mass is 19.4. The van der Waals surface area contributed by atoms with Gasteiger partial charge in [-0.3, -0.25) is 0 Å². The van der Waals surface area contributed by atoms with Crippen LogP contribution in [0.5, 0.6) is 0 Å². The number of halogens is 3. The Morgan fingerprint density at radius 1 is 1.23 bits per heavy atom. The second-order valence-electron chi connectivity index (χ2n) is 4.39. The van der Waals surface area contributed by atoms with E-state index in [0.717, 1.165) is 0 Å². The van der Waals surface area contributed by atoms with Gasteiger partial charge in [0.25, 0.3) is 0 Å². The monoisotopic (exact) mass is 321 g/mol. The Morgan fingerprint density at radius 2 is 1.82 bits per heavy atom. The van der Waals surface area contributed by atoms with Gasteiger partial charge in [0.2, 0.25) is 0 Å². The molecule has 1 aromatic carbocycles. The first-order valence-corrected chi connectivity index (χ1v) is 6.15. The smallest absolute Gasteiger partial charge is 0.414 e. The summed E-state index contributed by atoms with van der Waals surface area (Å²) in [6, 6.07) is 6.50. The molecule has 6 nitrogen and oxygen atoms in total. The van der Waals surface area contributed by atoms with Crippen LogP contribution in [0.25, 0.3) is 0 Å². The Morgan fingerprint density at radius 3 is 2.32 bits per heavy atom. The summed E-state index contributed by atoms with van der Waals surface area (Å²) < 4.78 is 41.3. The molecule has 2 atom stereocenters. The van der Waals surface area contributed by atoms with Gasteiger partial charge in [-0.1, -0.05) is 30.3 Å². The number of aliphatic hydroxyl groups is 1. The summed E-state index contributed by atoms with van der Waals surface area (Å²) in [7, 11) is 0. The molecule has 2 unspecified atom stereocenters. The quantitative estimate of drug-likeness (QED) is 0.741. The summed E-state index contributed by atoms with van der Waals surface area (Å²) >= 11 is 0. The normalized spacial score (nSPS) is 14.0. The lowest BCUT2D eigenvalue weighted by Gasteiger charge is -2.19. The number of alkyl carbamates (subject to hydrolysis) is 1. The summed E-state index contributed by atoms with van der Waals surface area (Å²) in [6.07, 6.45) is -10.2. The fraction of sp³-hybridized carbons (Fsp3) is 0.385. The average Bonchev–Trinajstić information content (AvgIpc) is 2.44. The topological polar surface area (TPSA) is 95.9 Å². The van der Waals surface area contributed by atoms with Crippen LogP contribution in [0.1, 0.15) is 12.0 Å². The third-order valence-corrected chi connectivity index (χ3v) is 2.64. The number of hydrogen-bond acceptors (Lipinski definition) is 4. The fourth-order valence-corrected chi connectivity index (χ4v) is 1.49. The van der Waals surface area contributed by atoms with Crippen molar-refractivity contribution in [3.8, 4) is 0 Å². The van der Waals surface area contributed by atoms with Crippen LogP contribution in [0, 0.1) is 0 Å². The van der Waals surface area contributed by atoms with Gasteiger partial charge in [0.1, 0.15) is 12.6 Å². The molecule has 1 amide bonds. The van der Waals surface area contributed by atoms with Crippen molar-refractivity contribution in [1.82, 2.24) is 5.32 Å². The highest BCUT2D eigenvalue weighted by molar-refractivity contribution is 5.79. The third-order valence-electron chi connectivity index (χ3n) is 2.64. The number of carbonyl (C=O) groups is 2. The fourth-order valence-electron chi connectivity index (χ4n) is 1.49. The number of alkyl halides is 3. The zero-order chi connectivity index (χ0) is 16.8. The SMILES string of the molecule is O=C(NC(CC(O)C(F)(F)F)C(=O)O)OCc1ccccc1. The van der Waals surface area contributed by atoms with Crippen LogP contribution in [-0.2, 0) is 16.1 Å². The molecule has 1 aromatic rings. The molecule has 0 spiro atoms. The highest BCUT2D eigenvalue weighted by Gasteiger charge is 2.41. The van der Waals surface area contributed by atoms with Crippen molar-refractivity contribution < 1.29 is 37.7 Å². The van der Waals surface area contributed by atoms with E-state index in [1.165, 1.54) is 0 Å². The highest BCUT2D eigenvalue weighted by Crippen LogP contribution is 2.23. The molecule has 9 heteroatoms. The summed E-state index contributed by atoms with van der Waals surface area (Å²) in [5.41, 5.74) is 0.625. The number of carbonyl (C=O) groups excluding carboxylic acids is 1. The minimum absolute atomic E-state index is 0.166. The second-order valence-corrected chi connectivity index (χ2v) is 4.39. The third kappa shape index (κ3) is 6.00. The number of ether oxygens (including phenoxy) is 1. The Balaban J connectivity index is 2.52. The van der Waals surface area contributed by atoms with E-state index in [2.05, 4.69) is 0 Å². The van der Waals surface area contributed by atoms with Crippen molar-refractivity contribution in [3.05, 3.63) is 35.9 Å². The van der Waals surface area contributed by atoms with E-state index in [4.69, 9.17) is 14.9 Å². The standard InChI is InChI=1S/C13H14F3NO5/c14-13(15,16)10(18)6-9(11(19)20)17-12(21)22-7-8-4-2-1-3-5-8/h1-5,9-10,18H,6-7H2,(H,17,21)(H,19,20). The summed E-state index contributed by atoms with van der Waals surface area (Å²) in [5, 5.41) is 19.4. The Hall–Kier alpha value is -2.29. The molecule has 22 heavy (non-hydrogen) atoms. The number of aliphatic hydroxyl groups excluding tert-OH is 1. The Kier molecular flexibility index (Phi) is 6.17. The van der Waals surface area contributed by atoms with Gasteiger partial charge in [-0.25, -0.2) is 9.59 Å². The number of amides is 1. The van der Waals surface area contributed by atoms with Gasteiger partial charge < -0.3 is 20.3 Å². The first kappa shape index (κ1) is 17.8. The van der Waals surface area contributed by atoms with Crippen molar-refractivity contribution >= 4 is 12.1 Å². The Labute approximate surface area is 123 Å². The predicted octanol–water partition coefficient (Wildman–Crippen LogP) is 1.68. The molecule has 0 aliphatic rings. The van der Waals surface area contributed by atoms with Crippen molar-refractivity contribution in [2.75, 3.05) is 0 Å². The van der Waals surface area contributed by atoms with Gasteiger partial charge in [0.05, 0.1) is 0 Å². The molecule has 0 aliphatic carbocycles. The molecule has 0 saturated heterocycles. The van der Waals surface area contributed by atoms with E-state index in [1.807, 2.05) is 0 Å². The summed E-state index contributed by atoms with van der Waals surface area (Å²) in [4.78, 5) is 22.2. The lowest BCUT2D eigenvalue weighted by molar-refractivity contribution is -0.207. The maximum absolute atomic E-state index is 12.2. The molecule has 122 valence electrons. The van der Waals surface area contributed by atoms with Crippen LogP contribution in [0.15, 0.2) is 30.3 Å². The molecule has 0 heterocycles. The molecule has 0 saturated carbocycles. The number of rotatable bonds is 6. The summed E-state index contributed by atoms with van der Waals surface area (Å²) in [6.45, 7) is -0.166. The van der Waals surface area contributed by atoms with E-state index < -0.39 is 36.8 Å². The van der Waals surface area contributed by atoms with Gasteiger partial charge in [-0.15, -0.1) is 0 Å². The molecule has 0 aliphatic heterocycles. The van der Waals surface area contributed by atoms with Gasteiger partial charge in [-0.05, 0) is 5.56 Å². The van der Waals surface area contributed by atoms with E-state index in [0.29, 0.717) is 5.56 Å². The Bertz CT molecular complexity index is 506. The first-order chi connectivity index (χ1) is 10.2. The van der Waals surface area contributed by atoms with Gasteiger partial charge in [0, 0.05) is 6.42 Å². The van der Waals surface area contributed by atoms with Crippen LogP contribution >= 0.6 is 0 Å². The van der Waals surface area contributed by atoms with Crippen LogP contribution in [0.2, 0.25) is 0 Å². The largest absolute Gasteiger partial charge is 0.480 e. The second kappa shape index (κ2) is 7.64. The van der Waals surface area contributed by atoms with Gasteiger partial charge in [-0.2, -0.15) is 13.2 Å². The number of hydrogen-bond donors (Lipinski definition) is 3. The van der Waals surface area contributed by atoms with E-state index in [-0.39, 0.29) is 6.61 Å². The van der Waals surface area contributed by atoms with Crippen LogP contribution in [0.3, 0.4) is 0 Å². The zero-order valence-corrected chi connectivity index (χ0v) is 11.2. The molecule has 0 fully saturated rings. The molecule has 1 rings (SSSR count). The lowest BCUT2D eigenvalue weighted by Crippen LogP contribution is -2.45. The molecule has 0 aromatic heterocycles. The number of carboxylic acid groups (broad SMARTS) is 1. The van der Waals surface area contributed by atoms with Crippen LogP contribution in [0.4, 0.5) is 18.0 Å². The van der Waals surface area contributed by atoms with Crippen molar-refractivity contribution in [1.29, 1.82) is 0 Å². The maximum Gasteiger partial charge on any atom is 0.414 e. The molecular weight excluding hydrogens is 307 g/mol. The average molecular weight is 321 g/mol. The summed E-state index contributed by atoms with van der Waals surface area (Å²) in [5.74, 6) is -1.71. The van der Waals surface area contributed by atoms with Gasteiger partial charge in [0.15, 0.2) is 6.10 Å². The van der Waals surface area contributed by atoms with Crippen LogP contribution in [-0.4, -0.2) is 40.6 Å². The maximum atomic E-state index is 12.2. The number of carboxylic acids is 1. The minimum Gasteiger partial charge on any atom is -0.480 e. The number of nitrogens with one attached hydrogen (secondary N) is 1.